The highest BCUT2D eigenvalue weighted by atomic mass is 32.1. The van der Waals surface area contributed by atoms with Gasteiger partial charge in [-0.1, -0.05) is 31.6 Å². The summed E-state index contributed by atoms with van der Waals surface area (Å²) in [6.45, 7) is 3.91. The van der Waals surface area contributed by atoms with E-state index >= 15 is 0 Å². The molecule has 4 rings (SSSR count). The Hall–Kier alpha value is -4.26. The van der Waals surface area contributed by atoms with E-state index in [9.17, 15) is 19.7 Å². The molecule has 182 valence electrons. The smallest absolute Gasteiger partial charge is 0.319 e. The van der Waals surface area contributed by atoms with Crippen LogP contribution in [0.4, 0.5) is 21.3 Å². The van der Waals surface area contributed by atoms with Crippen molar-refractivity contribution in [3.63, 3.8) is 0 Å². The first-order valence-corrected chi connectivity index (χ1v) is 11.5. The molecule has 3 N–H and O–H groups in total. The summed E-state index contributed by atoms with van der Waals surface area (Å²) in [5.74, 6) is 0.648. The molecule has 13 heteroatoms. The Balaban J connectivity index is 1.41. The summed E-state index contributed by atoms with van der Waals surface area (Å²) in [4.78, 5) is 35.8. The molecule has 0 fully saturated rings. The van der Waals surface area contributed by atoms with Crippen molar-refractivity contribution in [2.75, 3.05) is 17.4 Å². The van der Waals surface area contributed by atoms with E-state index in [0.717, 1.165) is 5.56 Å². The van der Waals surface area contributed by atoms with Crippen molar-refractivity contribution in [2.45, 2.75) is 26.3 Å². The van der Waals surface area contributed by atoms with Crippen LogP contribution in [0.1, 0.15) is 20.3 Å². The van der Waals surface area contributed by atoms with Crippen LogP contribution in [-0.4, -0.2) is 39.9 Å². The van der Waals surface area contributed by atoms with E-state index in [1.807, 2.05) is 19.9 Å². The Morgan fingerprint density at radius 3 is 2.57 bits per heavy atom. The minimum atomic E-state index is -0.851. The maximum atomic E-state index is 13.0. The lowest BCUT2D eigenvalue weighted by Gasteiger charge is -2.23. The third-order valence-electron chi connectivity index (χ3n) is 5.39. The van der Waals surface area contributed by atoms with Gasteiger partial charge in [-0.3, -0.25) is 20.2 Å². The third-order valence-corrected chi connectivity index (χ3v) is 6.28. The summed E-state index contributed by atoms with van der Waals surface area (Å²) in [5.41, 5.74) is 1.03. The Morgan fingerprint density at radius 2 is 1.86 bits per heavy atom. The number of nitrogens with one attached hydrogen (secondary N) is 3. The average molecular weight is 499 g/mol. The molecule has 2 atom stereocenters. The van der Waals surface area contributed by atoms with Crippen molar-refractivity contribution in [1.29, 1.82) is 0 Å². The summed E-state index contributed by atoms with van der Waals surface area (Å²) in [6.07, 6.45) is 0.633. The monoisotopic (exact) mass is 498 g/mol. The number of amides is 3. The standard InChI is InChI=1S/C22H22N6O6S/c1-3-12(2)18(24-21(30)23-14-5-7-15(8-6-14)28(31)32)19(29)25-22-27-26-20(35-22)13-4-9-16-17(10-13)34-11-33-16/h4-10,12,18H,3,11H2,1-2H3,(H2,23,24,30)(H,25,27,29). The van der Waals surface area contributed by atoms with Crippen molar-refractivity contribution in [3.8, 4) is 22.1 Å². The van der Waals surface area contributed by atoms with E-state index in [0.29, 0.717) is 28.6 Å². The van der Waals surface area contributed by atoms with Gasteiger partial charge in [0.25, 0.3) is 5.69 Å². The van der Waals surface area contributed by atoms with E-state index < -0.39 is 22.9 Å². The van der Waals surface area contributed by atoms with Crippen LogP contribution in [0, 0.1) is 16.0 Å². The zero-order valence-corrected chi connectivity index (χ0v) is 19.6. The number of urea groups is 1. The zero-order valence-electron chi connectivity index (χ0n) is 18.8. The highest BCUT2D eigenvalue weighted by molar-refractivity contribution is 7.18. The first kappa shape index (κ1) is 23.9. The molecule has 1 aromatic heterocycles. The fourth-order valence-corrected chi connectivity index (χ4v) is 4.02. The largest absolute Gasteiger partial charge is 0.454 e. The van der Waals surface area contributed by atoms with Gasteiger partial charge in [-0.25, -0.2) is 4.79 Å². The SMILES string of the molecule is CCC(C)C(NC(=O)Nc1ccc([N+](=O)[O-])cc1)C(=O)Nc1nnc(-c2ccc3c(c2)OCO3)s1. The van der Waals surface area contributed by atoms with Gasteiger partial charge >= 0.3 is 6.03 Å². The second-order valence-corrected chi connectivity index (χ2v) is 8.71. The third kappa shape index (κ3) is 5.63. The molecular weight excluding hydrogens is 476 g/mol. The predicted molar refractivity (Wildman–Crippen MR) is 129 cm³/mol. The molecule has 1 aliphatic heterocycles. The number of rotatable bonds is 8. The number of non-ortho nitro benzene ring substituents is 1. The van der Waals surface area contributed by atoms with Crippen molar-refractivity contribution in [2.24, 2.45) is 5.92 Å². The van der Waals surface area contributed by atoms with Crippen LogP contribution >= 0.6 is 11.3 Å². The highest BCUT2D eigenvalue weighted by Crippen LogP contribution is 2.37. The van der Waals surface area contributed by atoms with Crippen LogP contribution < -0.4 is 25.4 Å². The van der Waals surface area contributed by atoms with Gasteiger partial charge in [0.15, 0.2) is 11.5 Å². The molecule has 0 saturated heterocycles. The van der Waals surface area contributed by atoms with Crippen LogP contribution in [0.2, 0.25) is 0 Å². The zero-order chi connectivity index (χ0) is 24.9. The number of benzene rings is 2. The number of hydrogen-bond acceptors (Lipinski definition) is 9. The predicted octanol–water partition coefficient (Wildman–Crippen LogP) is 4.02. The van der Waals surface area contributed by atoms with Gasteiger partial charge < -0.3 is 20.1 Å². The number of nitro groups is 1. The Kier molecular flexibility index (Phi) is 7.06. The summed E-state index contributed by atoms with van der Waals surface area (Å²) in [6, 6.07) is 9.32. The Labute approximate surface area is 203 Å². The van der Waals surface area contributed by atoms with Crippen LogP contribution in [0.25, 0.3) is 10.6 Å². The molecule has 3 aromatic rings. The normalized spacial score (nSPS) is 13.5. The van der Waals surface area contributed by atoms with Crippen molar-refractivity contribution in [3.05, 3.63) is 52.6 Å². The molecule has 1 aliphatic rings. The number of nitrogens with zero attached hydrogens (tertiary/aromatic N) is 3. The molecule has 2 heterocycles. The van der Waals surface area contributed by atoms with Crippen molar-refractivity contribution in [1.82, 2.24) is 15.5 Å². The van der Waals surface area contributed by atoms with Gasteiger partial charge in [0.2, 0.25) is 17.8 Å². The topological polar surface area (TPSA) is 158 Å². The number of fused-ring (bicyclic) bond motifs is 1. The molecular formula is C22H22N6O6S. The first-order chi connectivity index (χ1) is 16.8. The second kappa shape index (κ2) is 10.3. The van der Waals surface area contributed by atoms with Crippen LogP contribution in [0.5, 0.6) is 11.5 Å². The maximum Gasteiger partial charge on any atom is 0.319 e. The summed E-state index contributed by atoms with van der Waals surface area (Å²) >= 11 is 1.19. The maximum absolute atomic E-state index is 13.0. The molecule has 0 bridgehead atoms. The van der Waals surface area contributed by atoms with E-state index in [2.05, 4.69) is 26.1 Å². The molecule has 0 spiro atoms. The number of nitro benzene ring substituents is 1. The highest BCUT2D eigenvalue weighted by Gasteiger charge is 2.27. The molecule has 2 unspecified atom stereocenters. The van der Waals surface area contributed by atoms with Gasteiger partial charge in [0, 0.05) is 23.4 Å². The Morgan fingerprint density at radius 1 is 1.11 bits per heavy atom. The fraction of sp³-hybridized carbons (Fsp3) is 0.273. The van der Waals surface area contributed by atoms with Crippen molar-refractivity contribution >= 4 is 39.8 Å². The number of carbonyl (C=O) groups excluding carboxylic acids is 2. The minimum Gasteiger partial charge on any atom is -0.454 e. The number of ether oxygens (including phenoxy) is 2. The lowest BCUT2D eigenvalue weighted by molar-refractivity contribution is -0.384. The van der Waals surface area contributed by atoms with Crippen LogP contribution in [-0.2, 0) is 4.79 Å². The van der Waals surface area contributed by atoms with E-state index in [-0.39, 0.29) is 23.5 Å². The van der Waals surface area contributed by atoms with Crippen LogP contribution in [0.3, 0.4) is 0 Å². The minimum absolute atomic E-state index is 0.0926. The van der Waals surface area contributed by atoms with E-state index in [1.165, 1.54) is 35.6 Å². The summed E-state index contributed by atoms with van der Waals surface area (Å²) in [7, 11) is 0. The molecule has 0 saturated carbocycles. The van der Waals surface area contributed by atoms with Gasteiger partial charge in [0.1, 0.15) is 11.0 Å². The summed E-state index contributed by atoms with van der Waals surface area (Å²) in [5, 5.41) is 27.8. The lowest BCUT2D eigenvalue weighted by atomic mass is 9.98. The average Bonchev–Trinajstić information content (AvgIpc) is 3.51. The van der Waals surface area contributed by atoms with Gasteiger partial charge in [-0.05, 0) is 36.2 Å². The number of anilines is 2. The van der Waals surface area contributed by atoms with E-state index in [1.54, 1.807) is 12.1 Å². The fourth-order valence-electron chi connectivity index (χ4n) is 3.28. The molecule has 0 radical (unpaired) electrons. The summed E-state index contributed by atoms with van der Waals surface area (Å²) < 4.78 is 10.7. The van der Waals surface area contributed by atoms with Gasteiger partial charge in [0.05, 0.1) is 4.92 Å². The van der Waals surface area contributed by atoms with Gasteiger partial charge in [-0.2, -0.15) is 0 Å². The lowest BCUT2D eigenvalue weighted by Crippen LogP contribution is -2.49. The van der Waals surface area contributed by atoms with E-state index in [4.69, 9.17) is 9.47 Å². The molecule has 35 heavy (non-hydrogen) atoms. The van der Waals surface area contributed by atoms with Crippen LogP contribution in [0.15, 0.2) is 42.5 Å². The molecule has 3 amide bonds. The molecule has 0 aliphatic carbocycles. The van der Waals surface area contributed by atoms with Crippen molar-refractivity contribution < 1.29 is 24.0 Å². The Bertz CT molecular complexity index is 1250. The number of hydrogen-bond donors (Lipinski definition) is 3. The molecule has 2 aromatic carbocycles. The quantitative estimate of drug-likeness (QED) is 0.310. The number of aromatic nitrogens is 2. The van der Waals surface area contributed by atoms with Gasteiger partial charge in [-0.15, -0.1) is 10.2 Å². The second-order valence-electron chi connectivity index (χ2n) is 7.74. The number of carbonyl (C=O) groups is 2. The molecule has 12 nitrogen and oxygen atoms in total. The first-order valence-electron chi connectivity index (χ1n) is 10.7.